The van der Waals surface area contributed by atoms with Crippen LogP contribution in [0.3, 0.4) is 0 Å². The summed E-state index contributed by atoms with van der Waals surface area (Å²) in [6.07, 6.45) is 13.1. The fourth-order valence-electron chi connectivity index (χ4n) is 12.8. The lowest BCUT2D eigenvalue weighted by Gasteiger charge is -2.54. The average molecular weight is 959 g/mol. The zero-order valence-corrected chi connectivity index (χ0v) is 39.8. The van der Waals surface area contributed by atoms with E-state index in [9.17, 15) is 14.7 Å². The molecule has 7 heterocycles. The third-order valence-electron chi connectivity index (χ3n) is 16.8. The van der Waals surface area contributed by atoms with Gasteiger partial charge >= 0.3 is 6.01 Å². The lowest BCUT2D eigenvalue weighted by molar-refractivity contribution is -0.134. The SMILES string of the molecule is CCc1cccc2cc(O)cc(-c3ncc4c(N5CC6CCC(C5)N6)nc(OCC5(CN6CCC(OC7CCC8(CC7)CN(c7cc(F)c(C9CCC(=O)NC9=O)c(F)c7)C8)CC6)CC5)nc4c3F)c12. The van der Waals surface area contributed by atoms with Crippen LogP contribution in [-0.4, -0.2) is 113 Å². The summed E-state index contributed by atoms with van der Waals surface area (Å²) in [5.41, 5.74) is 2.19. The Bertz CT molecular complexity index is 2840. The van der Waals surface area contributed by atoms with Crippen molar-refractivity contribution in [3.05, 3.63) is 77.2 Å². The van der Waals surface area contributed by atoms with E-state index in [1.807, 2.05) is 23.1 Å². The molecule has 1 spiro atoms. The number of imide groups is 1. The molecule has 2 bridgehead atoms. The smallest absolute Gasteiger partial charge is 0.319 e. The molecular weight excluding hydrogens is 898 g/mol. The second kappa shape index (κ2) is 17.9. The van der Waals surface area contributed by atoms with Crippen LogP contribution in [0, 0.1) is 28.3 Å². The first-order valence-electron chi connectivity index (χ1n) is 25.6. The second-order valence-electron chi connectivity index (χ2n) is 21.7. The van der Waals surface area contributed by atoms with Crippen molar-refractivity contribution in [3.63, 3.8) is 0 Å². The summed E-state index contributed by atoms with van der Waals surface area (Å²) in [6.45, 7) is 8.28. The van der Waals surface area contributed by atoms with Gasteiger partial charge < -0.3 is 34.6 Å². The third kappa shape index (κ3) is 8.61. The van der Waals surface area contributed by atoms with Crippen molar-refractivity contribution in [1.29, 1.82) is 0 Å². The largest absolute Gasteiger partial charge is 0.508 e. The van der Waals surface area contributed by atoms with Crippen LogP contribution < -0.4 is 25.2 Å². The number of benzene rings is 3. The van der Waals surface area contributed by atoms with Gasteiger partial charge in [0.2, 0.25) is 11.8 Å². The Kier molecular flexibility index (Phi) is 11.7. The Labute approximate surface area is 405 Å². The number of phenols is 1. The van der Waals surface area contributed by atoms with E-state index in [4.69, 9.17) is 24.4 Å². The van der Waals surface area contributed by atoms with Crippen LogP contribution >= 0.6 is 0 Å². The minimum absolute atomic E-state index is 0.0270. The summed E-state index contributed by atoms with van der Waals surface area (Å²) < 4.78 is 61.0. The van der Waals surface area contributed by atoms with Gasteiger partial charge in [-0.25, -0.2) is 13.2 Å². The summed E-state index contributed by atoms with van der Waals surface area (Å²) in [7, 11) is 0. The Morgan fingerprint density at radius 1 is 0.857 bits per heavy atom. The molecule has 5 aromatic rings. The van der Waals surface area contributed by atoms with Gasteiger partial charge in [0.1, 0.15) is 34.4 Å². The lowest BCUT2D eigenvalue weighted by Crippen LogP contribution is -2.58. The number of amides is 2. The molecule has 0 radical (unpaired) electrons. The van der Waals surface area contributed by atoms with Gasteiger partial charge in [0.25, 0.3) is 0 Å². The zero-order valence-electron chi connectivity index (χ0n) is 39.8. The molecule has 2 amide bonds. The van der Waals surface area contributed by atoms with Crippen molar-refractivity contribution in [2.45, 2.75) is 121 Å². The van der Waals surface area contributed by atoms with Crippen LogP contribution in [0.1, 0.15) is 101 Å². The monoisotopic (exact) mass is 958 g/mol. The van der Waals surface area contributed by atoms with Crippen LogP contribution in [-0.2, 0) is 20.7 Å². The number of carbonyl (C=O) groups is 2. The van der Waals surface area contributed by atoms with Gasteiger partial charge in [0, 0.05) is 98.2 Å². The number of piperidine rings is 2. The highest BCUT2D eigenvalue weighted by Crippen LogP contribution is 2.49. The van der Waals surface area contributed by atoms with E-state index in [-0.39, 0.29) is 64.4 Å². The van der Waals surface area contributed by atoms with Crippen molar-refractivity contribution >= 4 is 45.0 Å². The number of piperazine rings is 1. The number of aromatic hydroxyl groups is 1. The Balaban J connectivity index is 0.666. The van der Waals surface area contributed by atoms with E-state index in [0.717, 1.165) is 133 Å². The van der Waals surface area contributed by atoms with Crippen LogP contribution in [0.2, 0.25) is 0 Å². The van der Waals surface area contributed by atoms with Gasteiger partial charge in [0.05, 0.1) is 30.1 Å². The number of ether oxygens (including phenoxy) is 2. The Hall–Kier alpha value is -5.58. The molecule has 3 aromatic carbocycles. The van der Waals surface area contributed by atoms with E-state index in [1.54, 1.807) is 18.3 Å². The number of aromatic nitrogens is 3. The number of carbonyl (C=O) groups excluding carboxylic acids is 2. The van der Waals surface area contributed by atoms with Gasteiger partial charge in [-0.05, 0) is 118 Å². The van der Waals surface area contributed by atoms with Gasteiger partial charge in [0.15, 0.2) is 5.82 Å². The number of nitrogens with zero attached hydrogens (tertiary/aromatic N) is 6. The predicted octanol–water partition coefficient (Wildman–Crippen LogP) is 8.08. The van der Waals surface area contributed by atoms with Crippen LogP contribution in [0.15, 0.2) is 48.7 Å². The van der Waals surface area contributed by atoms with Crippen molar-refractivity contribution in [2.24, 2.45) is 10.8 Å². The molecule has 70 heavy (non-hydrogen) atoms. The molecule has 7 fully saturated rings. The molecule has 16 heteroatoms. The minimum atomic E-state index is -1.01. The Morgan fingerprint density at radius 3 is 2.29 bits per heavy atom. The normalized spacial score (nSPS) is 24.7. The van der Waals surface area contributed by atoms with Gasteiger partial charge in [-0.2, -0.15) is 9.97 Å². The average Bonchev–Trinajstić information content (AvgIpc) is 4.03. The quantitative estimate of drug-likeness (QED) is 0.104. The van der Waals surface area contributed by atoms with Crippen molar-refractivity contribution in [2.75, 3.05) is 62.2 Å². The molecule has 3 N–H and O–H groups in total. The zero-order chi connectivity index (χ0) is 47.9. The number of halogens is 3. The molecule has 12 rings (SSSR count). The predicted molar refractivity (Wildman–Crippen MR) is 260 cm³/mol. The Morgan fingerprint density at radius 2 is 1.59 bits per heavy atom. The molecule has 5 aliphatic heterocycles. The van der Waals surface area contributed by atoms with E-state index < -0.39 is 35.2 Å². The van der Waals surface area contributed by atoms with Crippen LogP contribution in [0.4, 0.5) is 24.7 Å². The van der Waals surface area contributed by atoms with E-state index >= 15 is 13.2 Å². The number of hydrogen-bond donors (Lipinski definition) is 3. The standard InChI is InChI=1S/C54H61F3N8O5/c1-2-31-4-3-5-32-20-36(66)23-40(45(31)32)48-47(57)49-41(24-58-48)50(64-25-33-6-7-34(26-64)59-33)62-52(61-49)69-30-54(16-17-54)27-63-18-12-38(13-19-63)70-37-10-14-53(15-11-37)28-65(29-53)35-21-42(55)46(43(56)22-35)39-8-9-44(67)60-51(39)68/h3-5,20-24,33-34,37-39,59,66H,2,6-19,25-30H2,1H3,(H,60,67,68). The summed E-state index contributed by atoms with van der Waals surface area (Å²) in [4.78, 5) is 45.2. The van der Waals surface area contributed by atoms with Crippen LogP contribution in [0.5, 0.6) is 11.8 Å². The van der Waals surface area contributed by atoms with E-state index in [0.29, 0.717) is 41.1 Å². The maximum Gasteiger partial charge on any atom is 0.319 e. The number of hydrogen-bond acceptors (Lipinski definition) is 12. The molecular formula is C54H61F3N8O5. The first-order valence-corrected chi connectivity index (χ1v) is 25.6. The number of nitrogens with one attached hydrogen (secondary N) is 2. The number of phenolic OH excluding ortho intramolecular Hbond substituents is 1. The number of rotatable bonds is 12. The number of aryl methyl sites for hydroxylation is 1. The molecule has 2 aliphatic carbocycles. The maximum atomic E-state index is 17.2. The molecule has 3 atom stereocenters. The van der Waals surface area contributed by atoms with Crippen molar-refractivity contribution in [3.8, 4) is 23.0 Å². The summed E-state index contributed by atoms with van der Waals surface area (Å²) in [6, 6.07) is 12.7. The highest BCUT2D eigenvalue weighted by molar-refractivity contribution is 6.02. The fourth-order valence-corrected chi connectivity index (χ4v) is 12.8. The highest BCUT2D eigenvalue weighted by atomic mass is 19.1. The number of pyridine rings is 1. The highest BCUT2D eigenvalue weighted by Gasteiger charge is 2.48. The molecule has 2 saturated carbocycles. The summed E-state index contributed by atoms with van der Waals surface area (Å²) in [5.74, 6) is -3.42. The minimum Gasteiger partial charge on any atom is -0.508 e. The number of fused-ring (bicyclic) bond motifs is 4. The molecule has 7 aliphatic rings. The summed E-state index contributed by atoms with van der Waals surface area (Å²) in [5, 5.41) is 18.9. The molecule has 2 aromatic heterocycles. The van der Waals surface area contributed by atoms with Gasteiger partial charge in [-0.3, -0.25) is 19.9 Å². The van der Waals surface area contributed by atoms with E-state index in [1.165, 1.54) is 12.1 Å². The number of anilines is 2. The molecule has 5 saturated heterocycles. The maximum absolute atomic E-state index is 17.2. The summed E-state index contributed by atoms with van der Waals surface area (Å²) >= 11 is 0. The third-order valence-corrected chi connectivity index (χ3v) is 16.8. The van der Waals surface area contributed by atoms with Crippen LogP contribution in [0.25, 0.3) is 32.9 Å². The molecule has 3 unspecified atom stereocenters. The number of likely N-dealkylation sites (tertiary alicyclic amines) is 1. The van der Waals surface area contributed by atoms with Crippen molar-refractivity contribution < 1.29 is 37.3 Å². The van der Waals surface area contributed by atoms with E-state index in [2.05, 4.69) is 27.4 Å². The molecule has 13 nitrogen and oxygen atoms in total. The van der Waals surface area contributed by atoms with Gasteiger partial charge in [-0.15, -0.1) is 0 Å². The topological polar surface area (TPSA) is 145 Å². The first kappa shape index (κ1) is 45.6. The fraction of sp³-hybridized carbons (Fsp3) is 0.537. The van der Waals surface area contributed by atoms with Gasteiger partial charge in [-0.1, -0.05) is 25.1 Å². The lowest BCUT2D eigenvalue weighted by atomic mass is 9.67. The first-order chi connectivity index (χ1) is 33.9. The second-order valence-corrected chi connectivity index (χ2v) is 21.7. The molecule has 368 valence electrons. The van der Waals surface area contributed by atoms with Crippen molar-refractivity contribution in [1.82, 2.24) is 30.5 Å².